The van der Waals surface area contributed by atoms with E-state index in [4.69, 9.17) is 4.42 Å². The molecule has 0 bridgehead atoms. The van der Waals surface area contributed by atoms with Gasteiger partial charge in [-0.1, -0.05) is 6.92 Å². The lowest BCUT2D eigenvalue weighted by atomic mass is 10.2. The van der Waals surface area contributed by atoms with Crippen LogP contribution in [0.25, 0.3) is 0 Å². The van der Waals surface area contributed by atoms with Crippen molar-refractivity contribution in [3.8, 4) is 0 Å². The molecule has 0 amide bonds. The largest absolute Gasteiger partial charge is 0.468 e. The fourth-order valence-corrected chi connectivity index (χ4v) is 1.48. The number of nitrogens with zero attached hydrogens (tertiary/aromatic N) is 2. The van der Waals surface area contributed by atoms with Gasteiger partial charge in [0, 0.05) is 18.0 Å². The zero-order valence-electron chi connectivity index (χ0n) is 8.81. The van der Waals surface area contributed by atoms with E-state index in [1.807, 2.05) is 23.2 Å². The first-order chi connectivity index (χ1) is 7.40. The standard InChI is InChI=1S/C11H15N3O/c1-2-12-7-11-10(3-6-15-11)8-14-5-4-13-9-14/h3-6,9,12H,2,7-8H2,1H3. The van der Waals surface area contributed by atoms with Gasteiger partial charge in [-0.3, -0.25) is 0 Å². The summed E-state index contributed by atoms with van der Waals surface area (Å²) in [4.78, 5) is 4.01. The molecule has 80 valence electrons. The molecule has 0 radical (unpaired) electrons. The number of nitrogens with one attached hydrogen (secondary N) is 1. The van der Waals surface area contributed by atoms with Crippen molar-refractivity contribution in [3.63, 3.8) is 0 Å². The van der Waals surface area contributed by atoms with Crippen molar-refractivity contribution in [2.45, 2.75) is 20.0 Å². The second kappa shape index (κ2) is 4.79. The lowest BCUT2D eigenvalue weighted by Crippen LogP contribution is -2.12. The van der Waals surface area contributed by atoms with Crippen molar-refractivity contribution >= 4 is 0 Å². The molecule has 2 aromatic rings. The Balaban J connectivity index is 2.04. The molecule has 0 saturated heterocycles. The van der Waals surface area contributed by atoms with E-state index in [1.165, 1.54) is 5.56 Å². The second-order valence-electron chi connectivity index (χ2n) is 3.38. The van der Waals surface area contributed by atoms with Crippen LogP contribution in [-0.4, -0.2) is 16.1 Å². The van der Waals surface area contributed by atoms with Crippen molar-refractivity contribution in [3.05, 3.63) is 42.4 Å². The summed E-state index contributed by atoms with van der Waals surface area (Å²) in [6.45, 7) is 4.63. The molecule has 1 N–H and O–H groups in total. The third kappa shape index (κ3) is 2.47. The van der Waals surface area contributed by atoms with E-state index in [0.29, 0.717) is 0 Å². The summed E-state index contributed by atoms with van der Waals surface area (Å²) in [6.07, 6.45) is 7.27. The molecule has 2 rings (SSSR count). The summed E-state index contributed by atoms with van der Waals surface area (Å²) in [5.74, 6) is 1.01. The molecule has 0 aliphatic heterocycles. The number of hydrogen-bond donors (Lipinski definition) is 1. The van der Waals surface area contributed by atoms with Gasteiger partial charge in [0.2, 0.25) is 0 Å². The predicted molar refractivity (Wildman–Crippen MR) is 57.4 cm³/mol. The SMILES string of the molecule is CCNCc1occc1Cn1ccnc1. The summed E-state index contributed by atoms with van der Waals surface area (Å²) in [7, 11) is 0. The van der Waals surface area contributed by atoms with Crippen LogP contribution in [0.1, 0.15) is 18.2 Å². The van der Waals surface area contributed by atoms with Crippen LogP contribution in [0.3, 0.4) is 0 Å². The van der Waals surface area contributed by atoms with E-state index in [0.717, 1.165) is 25.4 Å². The highest BCUT2D eigenvalue weighted by Gasteiger charge is 2.05. The molecule has 0 spiro atoms. The molecule has 2 aromatic heterocycles. The zero-order valence-corrected chi connectivity index (χ0v) is 8.81. The van der Waals surface area contributed by atoms with E-state index in [1.54, 1.807) is 12.5 Å². The molecule has 0 unspecified atom stereocenters. The van der Waals surface area contributed by atoms with Crippen molar-refractivity contribution in [1.82, 2.24) is 14.9 Å². The molecule has 0 atom stereocenters. The fourth-order valence-electron chi connectivity index (χ4n) is 1.48. The maximum atomic E-state index is 5.42. The Kier molecular flexibility index (Phi) is 3.19. The third-order valence-electron chi connectivity index (χ3n) is 2.29. The maximum Gasteiger partial charge on any atom is 0.122 e. The average Bonchev–Trinajstić information content (AvgIpc) is 2.87. The van der Waals surface area contributed by atoms with Crippen molar-refractivity contribution in [1.29, 1.82) is 0 Å². The van der Waals surface area contributed by atoms with Gasteiger partial charge < -0.3 is 14.3 Å². The molecule has 2 heterocycles. The summed E-state index contributed by atoms with van der Waals surface area (Å²) >= 11 is 0. The van der Waals surface area contributed by atoms with Gasteiger partial charge in [0.15, 0.2) is 0 Å². The van der Waals surface area contributed by atoms with Gasteiger partial charge >= 0.3 is 0 Å². The van der Waals surface area contributed by atoms with Crippen LogP contribution in [0.4, 0.5) is 0 Å². The molecule has 4 nitrogen and oxygen atoms in total. The first kappa shape index (κ1) is 9.98. The van der Waals surface area contributed by atoms with Crippen LogP contribution in [0.2, 0.25) is 0 Å². The molecule has 4 heteroatoms. The minimum Gasteiger partial charge on any atom is -0.468 e. The molecular weight excluding hydrogens is 190 g/mol. The highest BCUT2D eigenvalue weighted by molar-refractivity contribution is 5.17. The lowest BCUT2D eigenvalue weighted by molar-refractivity contribution is 0.481. The van der Waals surface area contributed by atoms with Gasteiger partial charge in [-0.2, -0.15) is 0 Å². The number of furan rings is 1. The number of hydrogen-bond acceptors (Lipinski definition) is 3. The van der Waals surface area contributed by atoms with E-state index < -0.39 is 0 Å². The van der Waals surface area contributed by atoms with Crippen molar-refractivity contribution < 1.29 is 4.42 Å². The minimum atomic E-state index is 0.785. The Labute approximate surface area is 88.9 Å². The average molecular weight is 205 g/mol. The predicted octanol–water partition coefficient (Wildman–Crippen LogP) is 1.63. The van der Waals surface area contributed by atoms with Gasteiger partial charge in [0.1, 0.15) is 5.76 Å². The second-order valence-corrected chi connectivity index (χ2v) is 3.38. The fraction of sp³-hybridized carbons (Fsp3) is 0.364. The van der Waals surface area contributed by atoms with Gasteiger partial charge in [0.25, 0.3) is 0 Å². The Morgan fingerprint density at radius 3 is 3.20 bits per heavy atom. The molecule has 0 aliphatic rings. The highest BCUT2D eigenvalue weighted by atomic mass is 16.3. The Bertz CT molecular complexity index is 392. The van der Waals surface area contributed by atoms with Gasteiger partial charge in [-0.15, -0.1) is 0 Å². The van der Waals surface area contributed by atoms with Crippen LogP contribution < -0.4 is 5.32 Å². The number of rotatable bonds is 5. The molecule has 15 heavy (non-hydrogen) atoms. The molecule has 0 fully saturated rings. The van der Waals surface area contributed by atoms with Crippen LogP contribution >= 0.6 is 0 Å². The highest BCUT2D eigenvalue weighted by Crippen LogP contribution is 2.11. The zero-order chi connectivity index (χ0) is 10.5. The molecule has 0 saturated carbocycles. The Morgan fingerprint density at radius 1 is 1.53 bits per heavy atom. The smallest absolute Gasteiger partial charge is 0.122 e. The first-order valence-corrected chi connectivity index (χ1v) is 5.12. The molecule has 0 aliphatic carbocycles. The van der Waals surface area contributed by atoms with Crippen LogP contribution in [0.5, 0.6) is 0 Å². The van der Waals surface area contributed by atoms with Gasteiger partial charge in [-0.05, 0) is 12.6 Å². The molecular formula is C11H15N3O. The summed E-state index contributed by atoms with van der Waals surface area (Å²) in [5, 5.41) is 3.25. The Morgan fingerprint density at radius 2 is 2.47 bits per heavy atom. The quantitative estimate of drug-likeness (QED) is 0.806. The van der Waals surface area contributed by atoms with Crippen LogP contribution in [0.15, 0.2) is 35.5 Å². The summed E-state index contributed by atoms with van der Waals surface area (Å²) in [6, 6.07) is 2.01. The Hall–Kier alpha value is -1.55. The van der Waals surface area contributed by atoms with E-state index in [-0.39, 0.29) is 0 Å². The summed E-state index contributed by atoms with van der Waals surface area (Å²) < 4.78 is 7.45. The molecule has 0 aromatic carbocycles. The van der Waals surface area contributed by atoms with Crippen molar-refractivity contribution in [2.24, 2.45) is 0 Å². The third-order valence-corrected chi connectivity index (χ3v) is 2.29. The topological polar surface area (TPSA) is 43.0 Å². The normalized spacial score (nSPS) is 10.7. The maximum absolute atomic E-state index is 5.42. The van der Waals surface area contributed by atoms with Crippen molar-refractivity contribution in [2.75, 3.05) is 6.54 Å². The first-order valence-electron chi connectivity index (χ1n) is 5.12. The van der Waals surface area contributed by atoms with E-state index in [2.05, 4.69) is 17.2 Å². The van der Waals surface area contributed by atoms with E-state index >= 15 is 0 Å². The van der Waals surface area contributed by atoms with Gasteiger partial charge in [-0.25, -0.2) is 4.98 Å². The number of imidazole rings is 1. The van der Waals surface area contributed by atoms with Gasteiger partial charge in [0.05, 0.1) is 25.7 Å². The number of aromatic nitrogens is 2. The lowest BCUT2D eigenvalue weighted by Gasteiger charge is -2.03. The van der Waals surface area contributed by atoms with Crippen LogP contribution in [-0.2, 0) is 13.1 Å². The minimum absolute atomic E-state index is 0.785. The van der Waals surface area contributed by atoms with Crippen LogP contribution in [0, 0.1) is 0 Å². The monoisotopic (exact) mass is 205 g/mol. The summed E-state index contributed by atoms with van der Waals surface area (Å²) in [5.41, 5.74) is 1.20. The van der Waals surface area contributed by atoms with E-state index in [9.17, 15) is 0 Å².